The van der Waals surface area contributed by atoms with Crippen molar-refractivity contribution in [2.45, 2.75) is 17.4 Å². The van der Waals surface area contributed by atoms with Crippen LogP contribution in [0.2, 0.25) is 0 Å². The number of carboxylic acid groups (broad SMARTS) is 1. The monoisotopic (exact) mass is 279 g/mol. The summed E-state index contributed by atoms with van der Waals surface area (Å²) in [5, 5.41) is 8.50. The van der Waals surface area contributed by atoms with Crippen LogP contribution in [0.25, 0.3) is 0 Å². The van der Waals surface area contributed by atoms with E-state index in [9.17, 15) is 22.0 Å². The van der Waals surface area contributed by atoms with E-state index in [0.29, 0.717) is 6.26 Å². The van der Waals surface area contributed by atoms with E-state index in [4.69, 9.17) is 10.8 Å². The molecule has 0 aliphatic carbocycles. The van der Waals surface area contributed by atoms with Gasteiger partial charge in [0, 0.05) is 12.3 Å². The lowest BCUT2D eigenvalue weighted by molar-refractivity contribution is -0.137. The molecule has 1 unspecified atom stereocenters. The molecule has 100 valence electrons. The highest BCUT2D eigenvalue weighted by Crippen LogP contribution is 2.24. The predicted octanol–water partition coefficient (Wildman–Crippen LogP) is 0.843. The number of hydrogen-bond acceptors (Lipinski definition) is 4. The summed E-state index contributed by atoms with van der Waals surface area (Å²) in [6, 6.07) is 0.347. The normalized spacial score (nSPS) is 13.3. The second-order valence-electron chi connectivity index (χ2n) is 3.79. The van der Waals surface area contributed by atoms with Crippen molar-refractivity contribution in [2.24, 2.45) is 5.73 Å². The summed E-state index contributed by atoms with van der Waals surface area (Å²) in [5.41, 5.74) is 5.32. The minimum absolute atomic E-state index is 0.111. The quantitative estimate of drug-likeness (QED) is 0.851. The number of aliphatic carboxylic acids is 1. The molecule has 1 aromatic rings. The van der Waals surface area contributed by atoms with E-state index < -0.39 is 44.8 Å². The Balaban J connectivity index is 3.27. The van der Waals surface area contributed by atoms with Crippen LogP contribution in [0.4, 0.5) is 8.78 Å². The standard InChI is InChI=1S/C10H11F2NO4S/c1-18(16,17)10-6(11)2-5(3-7(10)12)8(13)4-9(14)15/h2-3,8H,4,13H2,1H3,(H,14,15). The summed E-state index contributed by atoms with van der Waals surface area (Å²) in [7, 11) is -4.04. The van der Waals surface area contributed by atoms with Crippen molar-refractivity contribution in [1.29, 1.82) is 0 Å². The molecule has 0 bridgehead atoms. The number of hydrogen-bond donors (Lipinski definition) is 2. The molecule has 1 aromatic carbocycles. The van der Waals surface area contributed by atoms with Gasteiger partial charge in [0.05, 0.1) is 6.42 Å². The van der Waals surface area contributed by atoms with Crippen LogP contribution in [0.15, 0.2) is 17.0 Å². The van der Waals surface area contributed by atoms with Gasteiger partial charge in [0.25, 0.3) is 0 Å². The van der Waals surface area contributed by atoms with Crippen LogP contribution < -0.4 is 5.73 Å². The molecule has 8 heteroatoms. The summed E-state index contributed by atoms with van der Waals surface area (Å²) in [5.74, 6) is -3.79. The van der Waals surface area contributed by atoms with E-state index in [1.807, 2.05) is 0 Å². The fraction of sp³-hybridized carbons (Fsp3) is 0.300. The van der Waals surface area contributed by atoms with Crippen LogP contribution in [-0.4, -0.2) is 25.7 Å². The molecule has 0 fully saturated rings. The number of halogens is 2. The molecular formula is C10H11F2NO4S. The molecule has 0 aromatic heterocycles. The third kappa shape index (κ3) is 3.23. The number of benzene rings is 1. The maximum atomic E-state index is 13.5. The third-order valence-electron chi connectivity index (χ3n) is 2.21. The van der Waals surface area contributed by atoms with Gasteiger partial charge < -0.3 is 10.8 Å². The molecule has 0 saturated heterocycles. The Labute approximate surface area is 102 Å². The first-order valence-corrected chi connectivity index (χ1v) is 6.68. The third-order valence-corrected chi connectivity index (χ3v) is 3.35. The molecule has 1 rings (SSSR count). The first kappa shape index (κ1) is 14.5. The van der Waals surface area contributed by atoms with Crippen molar-refractivity contribution < 1.29 is 27.1 Å². The molecule has 0 aliphatic rings. The molecule has 0 saturated carbocycles. The Morgan fingerprint density at radius 3 is 2.17 bits per heavy atom. The lowest BCUT2D eigenvalue weighted by Crippen LogP contribution is -2.16. The van der Waals surface area contributed by atoms with Gasteiger partial charge in [-0.1, -0.05) is 0 Å². The summed E-state index contributed by atoms with van der Waals surface area (Å²) in [6.07, 6.45) is 0.155. The van der Waals surface area contributed by atoms with E-state index in [-0.39, 0.29) is 5.56 Å². The number of carbonyl (C=O) groups is 1. The Morgan fingerprint density at radius 2 is 1.83 bits per heavy atom. The Morgan fingerprint density at radius 1 is 1.39 bits per heavy atom. The molecule has 0 heterocycles. The molecule has 0 aliphatic heterocycles. The van der Waals surface area contributed by atoms with E-state index in [0.717, 1.165) is 12.1 Å². The molecule has 0 radical (unpaired) electrons. The first-order chi connectivity index (χ1) is 8.12. The van der Waals surface area contributed by atoms with Gasteiger partial charge in [-0.15, -0.1) is 0 Å². The zero-order chi connectivity index (χ0) is 14.1. The lowest BCUT2D eigenvalue weighted by Gasteiger charge is -2.11. The summed E-state index contributed by atoms with van der Waals surface area (Å²) in [6.45, 7) is 0. The molecule has 1 atom stereocenters. The molecule has 5 nitrogen and oxygen atoms in total. The van der Waals surface area contributed by atoms with Gasteiger partial charge in [-0.25, -0.2) is 17.2 Å². The largest absolute Gasteiger partial charge is 0.481 e. The number of sulfone groups is 1. The molecule has 18 heavy (non-hydrogen) atoms. The SMILES string of the molecule is CS(=O)(=O)c1c(F)cc(C(N)CC(=O)O)cc1F. The fourth-order valence-electron chi connectivity index (χ4n) is 1.45. The van der Waals surface area contributed by atoms with Crippen LogP contribution in [0.5, 0.6) is 0 Å². The van der Waals surface area contributed by atoms with Gasteiger partial charge in [-0.05, 0) is 17.7 Å². The van der Waals surface area contributed by atoms with E-state index in [2.05, 4.69) is 0 Å². The van der Waals surface area contributed by atoms with E-state index >= 15 is 0 Å². The summed E-state index contributed by atoms with van der Waals surface area (Å²) < 4.78 is 49.2. The minimum atomic E-state index is -4.04. The van der Waals surface area contributed by atoms with Crippen LogP contribution in [0.1, 0.15) is 18.0 Å². The van der Waals surface area contributed by atoms with Crippen LogP contribution >= 0.6 is 0 Å². The maximum Gasteiger partial charge on any atom is 0.305 e. The highest BCUT2D eigenvalue weighted by molar-refractivity contribution is 7.90. The van der Waals surface area contributed by atoms with Crippen LogP contribution in [0.3, 0.4) is 0 Å². The van der Waals surface area contributed by atoms with Crippen molar-refractivity contribution in [2.75, 3.05) is 6.26 Å². The van der Waals surface area contributed by atoms with Crippen molar-refractivity contribution in [3.05, 3.63) is 29.3 Å². The van der Waals surface area contributed by atoms with E-state index in [1.165, 1.54) is 0 Å². The number of nitrogens with two attached hydrogens (primary N) is 1. The smallest absolute Gasteiger partial charge is 0.305 e. The highest BCUT2D eigenvalue weighted by atomic mass is 32.2. The lowest BCUT2D eigenvalue weighted by atomic mass is 10.0. The molecule has 0 amide bonds. The van der Waals surface area contributed by atoms with E-state index in [1.54, 1.807) is 0 Å². The highest BCUT2D eigenvalue weighted by Gasteiger charge is 2.22. The molecule has 3 N–H and O–H groups in total. The Bertz CT molecular complexity index is 563. The zero-order valence-corrected chi connectivity index (χ0v) is 10.2. The Kier molecular flexibility index (Phi) is 4.02. The fourth-order valence-corrected chi connectivity index (χ4v) is 2.28. The predicted molar refractivity (Wildman–Crippen MR) is 58.6 cm³/mol. The first-order valence-electron chi connectivity index (χ1n) is 4.79. The van der Waals surface area contributed by atoms with Crippen molar-refractivity contribution in [1.82, 2.24) is 0 Å². The van der Waals surface area contributed by atoms with Gasteiger partial charge in [0.15, 0.2) is 9.84 Å². The van der Waals surface area contributed by atoms with Gasteiger partial charge in [-0.2, -0.15) is 0 Å². The van der Waals surface area contributed by atoms with Gasteiger partial charge in [0.2, 0.25) is 0 Å². The number of carboxylic acids is 1. The average Bonchev–Trinajstić information content (AvgIpc) is 2.12. The molecule has 0 spiro atoms. The topological polar surface area (TPSA) is 97.5 Å². The van der Waals surface area contributed by atoms with Crippen molar-refractivity contribution in [3.8, 4) is 0 Å². The van der Waals surface area contributed by atoms with Crippen molar-refractivity contribution in [3.63, 3.8) is 0 Å². The summed E-state index contributed by atoms with van der Waals surface area (Å²) in [4.78, 5) is 9.37. The van der Waals surface area contributed by atoms with Crippen molar-refractivity contribution >= 4 is 15.8 Å². The summed E-state index contributed by atoms with van der Waals surface area (Å²) >= 11 is 0. The second-order valence-corrected chi connectivity index (χ2v) is 5.74. The van der Waals surface area contributed by atoms with Gasteiger partial charge >= 0.3 is 5.97 Å². The van der Waals surface area contributed by atoms with Gasteiger partial charge in [-0.3, -0.25) is 4.79 Å². The van der Waals surface area contributed by atoms with Crippen LogP contribution in [-0.2, 0) is 14.6 Å². The zero-order valence-electron chi connectivity index (χ0n) is 9.35. The molecular weight excluding hydrogens is 268 g/mol. The minimum Gasteiger partial charge on any atom is -0.481 e. The number of rotatable bonds is 4. The average molecular weight is 279 g/mol. The maximum absolute atomic E-state index is 13.5. The van der Waals surface area contributed by atoms with Crippen LogP contribution in [0, 0.1) is 11.6 Å². The second kappa shape index (κ2) is 4.99. The van der Waals surface area contributed by atoms with Gasteiger partial charge in [0.1, 0.15) is 16.5 Å². The Hall–Kier alpha value is -1.54.